The number of hydrogen-bond donors (Lipinski definition) is 1. The van der Waals surface area contributed by atoms with E-state index in [2.05, 4.69) is 25.8 Å². The van der Waals surface area contributed by atoms with E-state index in [0.717, 1.165) is 24.9 Å². The lowest BCUT2D eigenvalue weighted by molar-refractivity contribution is 0.138. The number of aliphatic hydroxyl groups excluding tert-OH is 1. The first-order valence-corrected chi connectivity index (χ1v) is 6.56. The van der Waals surface area contributed by atoms with Crippen LogP contribution >= 0.6 is 11.6 Å². The van der Waals surface area contributed by atoms with Gasteiger partial charge in [0.25, 0.3) is 0 Å². The molecule has 0 heterocycles. The first-order valence-electron chi connectivity index (χ1n) is 6.18. The van der Waals surface area contributed by atoms with Crippen molar-refractivity contribution in [3.8, 4) is 0 Å². The SMILES string of the molecule is CCC(C)N(C)CCC(O)c1cccc(Cl)c1. The Balaban J connectivity index is 2.47. The predicted molar refractivity (Wildman–Crippen MR) is 73.4 cm³/mol. The van der Waals surface area contributed by atoms with E-state index in [1.54, 1.807) is 0 Å². The van der Waals surface area contributed by atoms with E-state index >= 15 is 0 Å². The Bertz CT molecular complexity index is 343. The van der Waals surface area contributed by atoms with Gasteiger partial charge in [0.1, 0.15) is 0 Å². The molecule has 1 aromatic carbocycles. The van der Waals surface area contributed by atoms with Crippen LogP contribution < -0.4 is 0 Å². The van der Waals surface area contributed by atoms with Crippen LogP contribution in [0.4, 0.5) is 0 Å². The zero-order valence-corrected chi connectivity index (χ0v) is 11.6. The maximum atomic E-state index is 10.1. The molecular formula is C14H22ClNO. The van der Waals surface area contributed by atoms with Gasteiger partial charge in [0.05, 0.1) is 6.10 Å². The van der Waals surface area contributed by atoms with Gasteiger partial charge in [0.15, 0.2) is 0 Å². The van der Waals surface area contributed by atoms with E-state index in [-0.39, 0.29) is 0 Å². The molecule has 96 valence electrons. The fraction of sp³-hybridized carbons (Fsp3) is 0.571. The summed E-state index contributed by atoms with van der Waals surface area (Å²) in [6.07, 6.45) is 1.44. The third-order valence-corrected chi connectivity index (χ3v) is 3.57. The average molecular weight is 256 g/mol. The van der Waals surface area contributed by atoms with Crippen LogP contribution in [0.25, 0.3) is 0 Å². The minimum Gasteiger partial charge on any atom is -0.388 e. The Labute approximate surface area is 109 Å². The molecule has 0 aromatic heterocycles. The standard InChI is InChI=1S/C14H22ClNO/c1-4-11(2)16(3)9-8-14(17)12-6-5-7-13(15)10-12/h5-7,10-11,14,17H,4,8-9H2,1-3H3. The van der Waals surface area contributed by atoms with Gasteiger partial charge in [-0.25, -0.2) is 0 Å². The van der Waals surface area contributed by atoms with Crippen LogP contribution in [0.5, 0.6) is 0 Å². The molecule has 2 atom stereocenters. The summed E-state index contributed by atoms with van der Waals surface area (Å²) in [5, 5.41) is 10.7. The fourth-order valence-corrected chi connectivity index (χ4v) is 1.94. The van der Waals surface area contributed by atoms with E-state index in [0.29, 0.717) is 11.1 Å². The first kappa shape index (κ1) is 14.5. The second-order valence-electron chi connectivity index (χ2n) is 4.60. The molecule has 0 spiro atoms. The van der Waals surface area contributed by atoms with E-state index < -0.39 is 6.10 Å². The third-order valence-electron chi connectivity index (χ3n) is 3.33. The van der Waals surface area contributed by atoms with Gasteiger partial charge in [-0.2, -0.15) is 0 Å². The molecule has 17 heavy (non-hydrogen) atoms. The molecule has 0 radical (unpaired) electrons. The van der Waals surface area contributed by atoms with Crippen molar-refractivity contribution in [1.82, 2.24) is 4.90 Å². The van der Waals surface area contributed by atoms with Crippen molar-refractivity contribution in [3.05, 3.63) is 34.9 Å². The molecule has 0 aliphatic rings. The van der Waals surface area contributed by atoms with Crippen LogP contribution in [-0.2, 0) is 0 Å². The van der Waals surface area contributed by atoms with Crippen LogP contribution in [0, 0.1) is 0 Å². The average Bonchev–Trinajstić information content (AvgIpc) is 2.34. The van der Waals surface area contributed by atoms with Crippen molar-refractivity contribution >= 4 is 11.6 Å². The smallest absolute Gasteiger partial charge is 0.0802 e. The summed E-state index contributed by atoms with van der Waals surface area (Å²) in [5.74, 6) is 0. The van der Waals surface area contributed by atoms with Gasteiger partial charge < -0.3 is 10.0 Å². The van der Waals surface area contributed by atoms with E-state index in [9.17, 15) is 5.11 Å². The molecule has 0 saturated carbocycles. The van der Waals surface area contributed by atoms with Crippen molar-refractivity contribution in [3.63, 3.8) is 0 Å². The summed E-state index contributed by atoms with van der Waals surface area (Å²) in [4.78, 5) is 2.27. The van der Waals surface area contributed by atoms with Crippen molar-refractivity contribution in [2.45, 2.75) is 38.8 Å². The number of hydrogen-bond acceptors (Lipinski definition) is 2. The van der Waals surface area contributed by atoms with Crippen LogP contribution in [0.1, 0.15) is 38.4 Å². The Morgan fingerprint density at radius 3 is 2.71 bits per heavy atom. The molecule has 2 nitrogen and oxygen atoms in total. The molecule has 2 unspecified atom stereocenters. The van der Waals surface area contributed by atoms with Crippen molar-refractivity contribution < 1.29 is 5.11 Å². The van der Waals surface area contributed by atoms with Gasteiger partial charge in [0, 0.05) is 17.6 Å². The molecule has 0 bridgehead atoms. The summed E-state index contributed by atoms with van der Waals surface area (Å²) < 4.78 is 0. The molecule has 1 N–H and O–H groups in total. The number of aliphatic hydroxyl groups is 1. The summed E-state index contributed by atoms with van der Waals surface area (Å²) in [7, 11) is 2.10. The predicted octanol–water partition coefficient (Wildman–Crippen LogP) is 3.49. The maximum absolute atomic E-state index is 10.1. The van der Waals surface area contributed by atoms with E-state index in [1.165, 1.54) is 0 Å². The quantitative estimate of drug-likeness (QED) is 0.841. The third kappa shape index (κ3) is 4.66. The Kier molecular flexibility index (Phi) is 5.96. The van der Waals surface area contributed by atoms with Gasteiger partial charge in [-0.3, -0.25) is 0 Å². The molecule has 3 heteroatoms. The van der Waals surface area contributed by atoms with Gasteiger partial charge >= 0.3 is 0 Å². The summed E-state index contributed by atoms with van der Waals surface area (Å²) in [6.45, 7) is 5.27. The molecule has 1 aromatic rings. The van der Waals surface area contributed by atoms with E-state index in [1.807, 2.05) is 24.3 Å². The Hall–Kier alpha value is -0.570. The monoisotopic (exact) mass is 255 g/mol. The zero-order valence-electron chi connectivity index (χ0n) is 10.9. The lowest BCUT2D eigenvalue weighted by Gasteiger charge is -2.24. The van der Waals surface area contributed by atoms with Crippen molar-refractivity contribution in [2.24, 2.45) is 0 Å². The highest BCUT2D eigenvalue weighted by Crippen LogP contribution is 2.20. The molecule has 0 saturated heterocycles. The second-order valence-corrected chi connectivity index (χ2v) is 5.03. The largest absolute Gasteiger partial charge is 0.388 e. The Morgan fingerprint density at radius 2 is 2.12 bits per heavy atom. The van der Waals surface area contributed by atoms with Crippen molar-refractivity contribution in [2.75, 3.05) is 13.6 Å². The van der Waals surface area contributed by atoms with Crippen molar-refractivity contribution in [1.29, 1.82) is 0 Å². The number of benzene rings is 1. The van der Waals surface area contributed by atoms with Crippen LogP contribution in [0.2, 0.25) is 5.02 Å². The molecule has 0 fully saturated rings. The van der Waals surface area contributed by atoms with Gasteiger partial charge in [-0.1, -0.05) is 30.7 Å². The summed E-state index contributed by atoms with van der Waals surface area (Å²) in [6, 6.07) is 8.00. The van der Waals surface area contributed by atoms with Gasteiger partial charge in [-0.05, 0) is 44.5 Å². The number of nitrogens with zero attached hydrogens (tertiary/aromatic N) is 1. The van der Waals surface area contributed by atoms with Crippen LogP contribution in [0.15, 0.2) is 24.3 Å². The molecule has 0 aliphatic carbocycles. The highest BCUT2D eigenvalue weighted by atomic mass is 35.5. The number of rotatable bonds is 6. The minimum absolute atomic E-state index is 0.430. The lowest BCUT2D eigenvalue weighted by atomic mass is 10.1. The van der Waals surface area contributed by atoms with Crippen LogP contribution in [0.3, 0.4) is 0 Å². The Morgan fingerprint density at radius 1 is 1.41 bits per heavy atom. The topological polar surface area (TPSA) is 23.5 Å². The first-order chi connectivity index (χ1) is 8.04. The summed E-state index contributed by atoms with van der Waals surface area (Å²) >= 11 is 5.90. The fourth-order valence-electron chi connectivity index (χ4n) is 1.74. The molecule has 1 rings (SSSR count). The minimum atomic E-state index is -0.430. The highest BCUT2D eigenvalue weighted by Gasteiger charge is 2.11. The molecule has 0 aliphatic heterocycles. The van der Waals surface area contributed by atoms with Gasteiger partial charge in [-0.15, -0.1) is 0 Å². The maximum Gasteiger partial charge on any atom is 0.0802 e. The van der Waals surface area contributed by atoms with E-state index in [4.69, 9.17) is 11.6 Å². The second kappa shape index (κ2) is 7.00. The normalized spacial score (nSPS) is 14.9. The zero-order chi connectivity index (χ0) is 12.8. The number of halogens is 1. The highest BCUT2D eigenvalue weighted by molar-refractivity contribution is 6.30. The van der Waals surface area contributed by atoms with Gasteiger partial charge in [0.2, 0.25) is 0 Å². The molecular weight excluding hydrogens is 234 g/mol. The lowest BCUT2D eigenvalue weighted by Crippen LogP contribution is -2.30. The van der Waals surface area contributed by atoms with Crippen LogP contribution in [-0.4, -0.2) is 29.6 Å². The molecule has 0 amide bonds. The summed E-state index contributed by atoms with van der Waals surface area (Å²) in [5.41, 5.74) is 0.898.